The third-order valence-electron chi connectivity index (χ3n) is 6.60. The van der Waals surface area contributed by atoms with Crippen LogP contribution in [0.5, 0.6) is 17.2 Å². The van der Waals surface area contributed by atoms with E-state index in [4.69, 9.17) is 42.1 Å². The normalized spacial score (nSPS) is 15.3. The lowest BCUT2D eigenvalue weighted by Crippen LogP contribution is -2.45. The van der Waals surface area contributed by atoms with E-state index in [2.05, 4.69) is 21.2 Å². The van der Waals surface area contributed by atoms with Crippen LogP contribution >= 0.6 is 23.2 Å². The monoisotopic (exact) mass is 656 g/mol. The number of carbonyl (C=O) groups is 2. The number of ether oxygens (including phenoxy) is 4. The molecule has 3 aromatic rings. The van der Waals surface area contributed by atoms with Crippen molar-refractivity contribution < 1.29 is 33.6 Å². The third kappa shape index (κ3) is 8.81. The van der Waals surface area contributed by atoms with Gasteiger partial charge in [-0.25, -0.2) is 9.59 Å². The third-order valence-corrected chi connectivity index (χ3v) is 7.16. The molecule has 0 saturated carbocycles. The number of esters is 1. The Morgan fingerprint density at radius 2 is 1.82 bits per heavy atom. The molecule has 0 radical (unpaired) electrons. The zero-order valence-electron chi connectivity index (χ0n) is 25.1. The van der Waals surface area contributed by atoms with Gasteiger partial charge in [-0.15, -0.1) is 0 Å². The molecule has 11 nitrogen and oxygen atoms in total. The van der Waals surface area contributed by atoms with E-state index in [0.29, 0.717) is 57.3 Å². The van der Waals surface area contributed by atoms with Crippen molar-refractivity contribution in [3.63, 3.8) is 0 Å². The van der Waals surface area contributed by atoms with Crippen LogP contribution < -0.4 is 30.3 Å². The molecule has 1 aliphatic rings. The fourth-order valence-electron chi connectivity index (χ4n) is 4.57. The van der Waals surface area contributed by atoms with E-state index < -0.39 is 24.3 Å². The van der Waals surface area contributed by atoms with Crippen LogP contribution in [0.2, 0.25) is 10.0 Å². The number of urea groups is 1. The summed E-state index contributed by atoms with van der Waals surface area (Å²) in [4.78, 5) is 24.6. The second-order valence-electron chi connectivity index (χ2n) is 10.0. The first-order valence-electron chi connectivity index (χ1n) is 14.0. The number of hydrogen-bond acceptors (Lipinski definition) is 9. The molecule has 0 spiro atoms. The van der Waals surface area contributed by atoms with Crippen LogP contribution in [0.3, 0.4) is 0 Å². The molecular weight excluding hydrogens is 623 g/mol. The summed E-state index contributed by atoms with van der Waals surface area (Å²) in [6, 6.07) is 15.0. The molecule has 1 heterocycles. The molecule has 13 heteroatoms. The van der Waals surface area contributed by atoms with Gasteiger partial charge in [0, 0.05) is 5.70 Å². The summed E-state index contributed by atoms with van der Waals surface area (Å²) in [6.45, 7) is 5.89. The number of nitrogens with zero attached hydrogens (tertiary/aromatic N) is 1. The number of aliphatic hydroxyl groups is 1. The van der Waals surface area contributed by atoms with Gasteiger partial charge in [0.25, 0.3) is 0 Å². The number of aryl methyl sites for hydroxylation is 1. The second-order valence-corrected chi connectivity index (χ2v) is 10.8. The van der Waals surface area contributed by atoms with Crippen molar-refractivity contribution in [1.82, 2.24) is 16.1 Å². The first-order chi connectivity index (χ1) is 21.6. The van der Waals surface area contributed by atoms with Crippen LogP contribution in [0, 0.1) is 6.92 Å². The van der Waals surface area contributed by atoms with Crippen LogP contribution in [0.15, 0.2) is 71.0 Å². The van der Waals surface area contributed by atoms with Crippen molar-refractivity contribution in [2.24, 2.45) is 5.10 Å². The zero-order chi connectivity index (χ0) is 32.5. The summed E-state index contributed by atoms with van der Waals surface area (Å²) in [5, 5.41) is 20.4. The highest BCUT2D eigenvalue weighted by Gasteiger charge is 2.32. The van der Waals surface area contributed by atoms with E-state index in [0.717, 1.165) is 11.1 Å². The molecule has 3 aromatic carbocycles. The number of halogens is 2. The van der Waals surface area contributed by atoms with Crippen molar-refractivity contribution >= 4 is 41.4 Å². The fourth-order valence-corrected chi connectivity index (χ4v) is 5.18. The van der Waals surface area contributed by atoms with Crippen LogP contribution in [-0.2, 0) is 16.1 Å². The average molecular weight is 658 g/mol. The molecule has 4 rings (SSSR count). The summed E-state index contributed by atoms with van der Waals surface area (Å²) < 4.78 is 22.3. The highest BCUT2D eigenvalue weighted by atomic mass is 35.5. The molecule has 0 aromatic heterocycles. The Morgan fingerprint density at radius 1 is 1.07 bits per heavy atom. The highest BCUT2D eigenvalue weighted by molar-refractivity contribution is 6.37. The van der Waals surface area contributed by atoms with E-state index in [-0.39, 0.29) is 12.2 Å². The molecule has 0 fully saturated rings. The summed E-state index contributed by atoms with van der Waals surface area (Å²) in [6.07, 6.45) is 0.270. The van der Waals surface area contributed by atoms with Gasteiger partial charge in [-0.2, -0.15) is 5.10 Å². The first kappa shape index (κ1) is 33.4. The lowest BCUT2D eigenvalue weighted by Gasteiger charge is -2.28. The Kier molecular flexibility index (Phi) is 11.5. The van der Waals surface area contributed by atoms with Gasteiger partial charge in [-0.3, -0.25) is 5.43 Å². The summed E-state index contributed by atoms with van der Waals surface area (Å²) in [5.41, 5.74) is 6.51. The van der Waals surface area contributed by atoms with Gasteiger partial charge < -0.3 is 34.7 Å². The number of carbonyl (C=O) groups excluding carboxylic acids is 2. The Morgan fingerprint density at radius 3 is 2.51 bits per heavy atom. The number of aliphatic hydroxyl groups excluding tert-OH is 1. The van der Waals surface area contributed by atoms with Gasteiger partial charge in [-0.1, -0.05) is 59.1 Å². The minimum Gasteiger partial charge on any atom is -0.490 e. The number of hydrogen-bond donors (Lipinski definition) is 4. The van der Waals surface area contributed by atoms with Crippen molar-refractivity contribution in [1.29, 1.82) is 0 Å². The molecule has 0 bridgehead atoms. The fraction of sp³-hybridized carbons (Fsp3) is 0.281. The molecule has 0 unspecified atom stereocenters. The minimum atomic E-state index is -1.18. The molecule has 0 saturated heterocycles. The predicted octanol–water partition coefficient (Wildman–Crippen LogP) is 5.40. The van der Waals surface area contributed by atoms with Crippen molar-refractivity contribution in [3.05, 3.63) is 98.2 Å². The number of rotatable bonds is 13. The molecule has 2 atom stereocenters. The molecular formula is C32H34Cl2N4O7. The minimum absolute atomic E-state index is 0.180. The Hall–Kier alpha value is -4.45. The average Bonchev–Trinajstić information content (AvgIpc) is 2.99. The second kappa shape index (κ2) is 15.5. The maximum atomic E-state index is 12.4. The molecule has 45 heavy (non-hydrogen) atoms. The maximum Gasteiger partial charge on any atom is 0.337 e. The maximum absolute atomic E-state index is 12.4. The van der Waals surface area contributed by atoms with E-state index in [1.165, 1.54) is 13.3 Å². The number of methoxy groups -OCH3 is 1. The van der Waals surface area contributed by atoms with Crippen LogP contribution in [0.25, 0.3) is 0 Å². The van der Waals surface area contributed by atoms with Crippen LogP contribution in [0.1, 0.15) is 42.1 Å². The molecule has 2 amide bonds. The van der Waals surface area contributed by atoms with Gasteiger partial charge >= 0.3 is 12.0 Å². The Balaban J connectivity index is 1.37. The van der Waals surface area contributed by atoms with Crippen molar-refractivity contribution in [2.45, 2.75) is 39.6 Å². The standard InChI is InChI=1S/C32H34Cl2N4O7/c1-5-43-26-14-22(29-28(31(40)42-4)19(3)36-32(41)37-29)9-10-25(26)44-17-27(39)38-35-15-21-12-23(33)30(24(34)13-21)45-16-20-8-6-7-18(2)11-20/h6-15,27,29,38-39H,5,16-17H2,1-4H3,(H2,36,37,41)/b35-15-/t27-,29+/m0/s1. The first-order valence-corrected chi connectivity index (χ1v) is 14.7. The number of allylic oxidation sites excluding steroid dienone is 1. The summed E-state index contributed by atoms with van der Waals surface area (Å²) in [7, 11) is 1.27. The lowest BCUT2D eigenvalue weighted by molar-refractivity contribution is -0.136. The SMILES string of the molecule is CCOc1cc([C@H]2NC(=O)NC(C)=C2C(=O)OC)ccc1OC[C@H](O)N/N=C\c1cc(Cl)c(OCc2cccc(C)c2)c(Cl)c1. The highest BCUT2D eigenvalue weighted by Crippen LogP contribution is 2.36. The largest absolute Gasteiger partial charge is 0.490 e. The van der Waals surface area contributed by atoms with Gasteiger partial charge in [-0.05, 0) is 61.7 Å². The number of benzene rings is 3. The number of amides is 2. The Bertz CT molecular complexity index is 1590. The van der Waals surface area contributed by atoms with Gasteiger partial charge in [0.1, 0.15) is 13.2 Å². The summed E-state index contributed by atoms with van der Waals surface area (Å²) >= 11 is 12.8. The molecule has 1 aliphatic heterocycles. The summed E-state index contributed by atoms with van der Waals surface area (Å²) in [5.74, 6) is 0.481. The predicted molar refractivity (Wildman–Crippen MR) is 171 cm³/mol. The molecule has 4 N–H and O–H groups in total. The topological polar surface area (TPSA) is 140 Å². The number of hydrazone groups is 1. The Labute approximate surface area is 271 Å². The van der Waals surface area contributed by atoms with E-state index in [9.17, 15) is 14.7 Å². The smallest absolute Gasteiger partial charge is 0.337 e. The van der Waals surface area contributed by atoms with E-state index in [1.54, 1.807) is 44.2 Å². The molecule has 0 aliphatic carbocycles. The van der Waals surface area contributed by atoms with Crippen LogP contribution in [0.4, 0.5) is 4.79 Å². The number of nitrogens with one attached hydrogen (secondary N) is 3. The lowest BCUT2D eigenvalue weighted by atomic mass is 9.95. The zero-order valence-corrected chi connectivity index (χ0v) is 26.7. The van der Waals surface area contributed by atoms with Gasteiger partial charge in [0.2, 0.25) is 0 Å². The van der Waals surface area contributed by atoms with Crippen LogP contribution in [-0.4, -0.2) is 49.9 Å². The van der Waals surface area contributed by atoms with E-state index >= 15 is 0 Å². The van der Waals surface area contributed by atoms with Crippen molar-refractivity contribution in [2.75, 3.05) is 20.3 Å². The van der Waals surface area contributed by atoms with Crippen molar-refractivity contribution in [3.8, 4) is 17.2 Å². The van der Waals surface area contributed by atoms with Gasteiger partial charge in [0.05, 0.1) is 41.6 Å². The van der Waals surface area contributed by atoms with Gasteiger partial charge in [0.15, 0.2) is 23.5 Å². The van der Waals surface area contributed by atoms with E-state index in [1.807, 2.05) is 31.2 Å². The quantitative estimate of drug-likeness (QED) is 0.0830. The molecule has 238 valence electrons.